The van der Waals surface area contributed by atoms with Gasteiger partial charge in [-0.25, -0.2) is 4.39 Å². The smallest absolute Gasteiger partial charge is 0.226 e. The molecule has 17 heavy (non-hydrogen) atoms. The summed E-state index contributed by atoms with van der Waals surface area (Å²) in [4.78, 5) is 13.3. The van der Waals surface area contributed by atoms with Gasteiger partial charge >= 0.3 is 0 Å². The Morgan fingerprint density at radius 2 is 2.06 bits per heavy atom. The van der Waals surface area contributed by atoms with Crippen LogP contribution in [0.4, 0.5) is 4.39 Å². The van der Waals surface area contributed by atoms with E-state index < -0.39 is 0 Å². The van der Waals surface area contributed by atoms with Crippen molar-refractivity contribution in [3.05, 3.63) is 35.6 Å². The van der Waals surface area contributed by atoms with Crippen LogP contribution in [0.2, 0.25) is 0 Å². The molecule has 1 rings (SSSR count). The maximum Gasteiger partial charge on any atom is 0.226 e. The van der Waals surface area contributed by atoms with Crippen molar-refractivity contribution in [3.63, 3.8) is 0 Å². The number of benzene rings is 1. The molecule has 5 heteroatoms. The minimum absolute atomic E-state index is 0. The van der Waals surface area contributed by atoms with E-state index in [1.165, 1.54) is 6.07 Å². The largest absolute Gasteiger partial charge is 0.344 e. The van der Waals surface area contributed by atoms with Crippen LogP contribution in [0.5, 0.6) is 0 Å². The van der Waals surface area contributed by atoms with Crippen molar-refractivity contribution < 1.29 is 9.18 Å². The first kappa shape index (κ1) is 15.9. The molecule has 0 aliphatic rings. The van der Waals surface area contributed by atoms with Crippen molar-refractivity contribution in [3.8, 4) is 0 Å². The summed E-state index contributed by atoms with van der Waals surface area (Å²) >= 11 is 0. The second-order valence-electron chi connectivity index (χ2n) is 3.69. The van der Waals surface area contributed by atoms with Crippen LogP contribution in [0.1, 0.15) is 5.56 Å². The van der Waals surface area contributed by atoms with Crippen LogP contribution in [0.15, 0.2) is 24.3 Å². The number of hydrogen-bond acceptors (Lipinski definition) is 2. The minimum Gasteiger partial charge on any atom is -0.344 e. The molecule has 1 aromatic rings. The van der Waals surface area contributed by atoms with Crippen LogP contribution < -0.4 is 5.32 Å². The normalized spacial score (nSPS) is 9.59. The molecule has 0 saturated heterocycles. The van der Waals surface area contributed by atoms with Gasteiger partial charge in [-0.3, -0.25) is 4.79 Å². The molecular weight excluding hydrogens is 243 g/mol. The quantitative estimate of drug-likeness (QED) is 0.870. The third-order valence-corrected chi connectivity index (χ3v) is 2.42. The second kappa shape index (κ2) is 8.03. The lowest BCUT2D eigenvalue weighted by Gasteiger charge is -2.16. The monoisotopic (exact) mass is 260 g/mol. The Balaban J connectivity index is 0.00000256. The summed E-state index contributed by atoms with van der Waals surface area (Å²) in [5, 5.41) is 2.96. The Labute approximate surface area is 107 Å². The van der Waals surface area contributed by atoms with Gasteiger partial charge in [0.25, 0.3) is 0 Å². The zero-order valence-electron chi connectivity index (χ0n) is 10.1. The summed E-state index contributed by atoms with van der Waals surface area (Å²) in [7, 11) is 3.55. The Hall–Kier alpha value is -1.13. The number of hydrogen-bond donors (Lipinski definition) is 1. The lowest BCUT2D eigenvalue weighted by atomic mass is 10.1. The maximum atomic E-state index is 13.3. The molecule has 0 fully saturated rings. The van der Waals surface area contributed by atoms with Crippen LogP contribution >= 0.6 is 12.4 Å². The van der Waals surface area contributed by atoms with Gasteiger partial charge in [-0.2, -0.15) is 0 Å². The van der Waals surface area contributed by atoms with Gasteiger partial charge in [0.05, 0.1) is 6.42 Å². The number of amides is 1. The summed E-state index contributed by atoms with van der Waals surface area (Å²) < 4.78 is 13.3. The molecule has 0 heterocycles. The van der Waals surface area contributed by atoms with Gasteiger partial charge in [0.1, 0.15) is 5.82 Å². The van der Waals surface area contributed by atoms with Crippen LogP contribution in [0, 0.1) is 5.82 Å². The van der Waals surface area contributed by atoms with Gasteiger partial charge in [0, 0.05) is 20.1 Å². The van der Waals surface area contributed by atoms with Gasteiger partial charge in [-0.1, -0.05) is 18.2 Å². The van der Waals surface area contributed by atoms with Crippen molar-refractivity contribution in [2.24, 2.45) is 0 Å². The van der Waals surface area contributed by atoms with E-state index in [0.717, 1.165) is 6.54 Å². The predicted molar refractivity (Wildman–Crippen MR) is 68.9 cm³/mol. The highest BCUT2D eigenvalue weighted by Gasteiger charge is 2.11. The molecule has 1 N–H and O–H groups in total. The van der Waals surface area contributed by atoms with Crippen LogP contribution in [0.25, 0.3) is 0 Å². The first-order valence-corrected chi connectivity index (χ1v) is 5.27. The highest BCUT2D eigenvalue weighted by molar-refractivity contribution is 5.85. The van der Waals surface area contributed by atoms with E-state index in [-0.39, 0.29) is 30.6 Å². The molecule has 0 aliphatic carbocycles. The van der Waals surface area contributed by atoms with Crippen LogP contribution in [-0.2, 0) is 11.2 Å². The molecule has 0 saturated carbocycles. The van der Waals surface area contributed by atoms with Crippen molar-refractivity contribution in [1.29, 1.82) is 0 Å². The van der Waals surface area contributed by atoms with Gasteiger partial charge < -0.3 is 10.2 Å². The third-order valence-electron chi connectivity index (χ3n) is 2.42. The fourth-order valence-corrected chi connectivity index (χ4v) is 1.34. The highest BCUT2D eigenvalue weighted by Crippen LogP contribution is 2.08. The second-order valence-corrected chi connectivity index (χ2v) is 3.69. The SMILES string of the molecule is CNCCN(C)C(=O)Cc1ccccc1F.Cl. The molecule has 0 spiro atoms. The first-order valence-electron chi connectivity index (χ1n) is 5.27. The fraction of sp³-hybridized carbons (Fsp3) is 0.417. The molecule has 0 radical (unpaired) electrons. The molecule has 0 aromatic heterocycles. The number of carbonyl (C=O) groups is 1. The minimum atomic E-state index is -0.321. The number of likely N-dealkylation sites (N-methyl/N-ethyl adjacent to an activating group) is 2. The van der Waals surface area contributed by atoms with Gasteiger partial charge in [-0.15, -0.1) is 12.4 Å². The van der Waals surface area contributed by atoms with Crippen molar-refractivity contribution >= 4 is 18.3 Å². The van der Waals surface area contributed by atoms with E-state index >= 15 is 0 Å². The molecule has 3 nitrogen and oxygen atoms in total. The topological polar surface area (TPSA) is 32.3 Å². The molecule has 0 bridgehead atoms. The number of nitrogens with zero attached hydrogens (tertiary/aromatic N) is 1. The van der Waals surface area contributed by atoms with E-state index in [4.69, 9.17) is 0 Å². The van der Waals surface area contributed by atoms with Crippen molar-refractivity contribution in [2.45, 2.75) is 6.42 Å². The highest BCUT2D eigenvalue weighted by atomic mass is 35.5. The lowest BCUT2D eigenvalue weighted by Crippen LogP contribution is -2.33. The molecule has 0 unspecified atom stereocenters. The maximum absolute atomic E-state index is 13.3. The summed E-state index contributed by atoms with van der Waals surface area (Å²) in [5.41, 5.74) is 0.448. The lowest BCUT2D eigenvalue weighted by molar-refractivity contribution is -0.129. The zero-order valence-corrected chi connectivity index (χ0v) is 10.9. The molecule has 0 atom stereocenters. The standard InChI is InChI=1S/C12H17FN2O.ClH/c1-14-7-8-15(2)12(16)9-10-5-3-4-6-11(10)13;/h3-6,14H,7-9H2,1-2H3;1H. The van der Waals surface area contributed by atoms with Crippen molar-refractivity contribution in [1.82, 2.24) is 10.2 Å². The Morgan fingerprint density at radius 1 is 1.41 bits per heavy atom. The van der Waals surface area contributed by atoms with Gasteiger partial charge in [0.2, 0.25) is 5.91 Å². The van der Waals surface area contributed by atoms with Crippen LogP contribution in [-0.4, -0.2) is 38.0 Å². The molecule has 0 aliphatic heterocycles. The van der Waals surface area contributed by atoms with E-state index in [0.29, 0.717) is 12.1 Å². The van der Waals surface area contributed by atoms with Crippen molar-refractivity contribution in [2.75, 3.05) is 27.2 Å². The molecular formula is C12H18ClFN2O. The summed E-state index contributed by atoms with van der Waals surface area (Å²) in [6.45, 7) is 1.36. The van der Waals surface area contributed by atoms with E-state index in [1.807, 2.05) is 7.05 Å². The molecule has 1 aromatic carbocycles. The Morgan fingerprint density at radius 3 is 2.65 bits per heavy atom. The fourth-order valence-electron chi connectivity index (χ4n) is 1.34. The van der Waals surface area contributed by atoms with E-state index in [9.17, 15) is 9.18 Å². The zero-order chi connectivity index (χ0) is 12.0. The Bertz CT molecular complexity index is 360. The number of nitrogens with one attached hydrogen (secondary N) is 1. The molecule has 1 amide bonds. The summed E-state index contributed by atoms with van der Waals surface area (Å²) in [5.74, 6) is -0.391. The van der Waals surface area contributed by atoms with Crippen LogP contribution in [0.3, 0.4) is 0 Å². The average molecular weight is 261 g/mol. The van der Waals surface area contributed by atoms with E-state index in [2.05, 4.69) is 5.32 Å². The first-order chi connectivity index (χ1) is 7.65. The van der Waals surface area contributed by atoms with E-state index in [1.54, 1.807) is 30.1 Å². The number of rotatable bonds is 5. The summed E-state index contributed by atoms with van der Waals surface area (Å²) in [6, 6.07) is 6.36. The van der Waals surface area contributed by atoms with Gasteiger partial charge in [-0.05, 0) is 18.7 Å². The number of halogens is 2. The predicted octanol–water partition coefficient (Wildman–Crippen LogP) is 1.47. The number of carbonyl (C=O) groups excluding carboxylic acids is 1. The molecule has 96 valence electrons. The summed E-state index contributed by atoms with van der Waals surface area (Å²) in [6.07, 6.45) is 0.118. The Kier molecular flexibility index (Phi) is 7.50. The van der Waals surface area contributed by atoms with Gasteiger partial charge in [0.15, 0.2) is 0 Å². The average Bonchev–Trinajstić information content (AvgIpc) is 2.28. The third kappa shape index (κ3) is 5.15.